The molecular weight excluding hydrogens is 534 g/mol. The number of nitrogens with zero attached hydrogens (tertiary/aromatic N) is 5. The Bertz CT molecular complexity index is 990. The predicted octanol–water partition coefficient (Wildman–Crippen LogP) is 3.81. The predicted molar refractivity (Wildman–Crippen MR) is 126 cm³/mol. The molecule has 3 rings (SSSR count). The van der Waals surface area contributed by atoms with E-state index in [-0.39, 0.29) is 30.5 Å². The molecule has 2 aromatic heterocycles. The molecule has 0 fully saturated rings. The van der Waals surface area contributed by atoms with Crippen LogP contribution in [0.25, 0.3) is 0 Å². The lowest BCUT2D eigenvalue weighted by atomic mass is 10.1. The van der Waals surface area contributed by atoms with E-state index >= 15 is 0 Å². The Labute approximate surface area is 201 Å². The summed E-state index contributed by atoms with van der Waals surface area (Å²) in [6.07, 6.45) is -0.244. The van der Waals surface area contributed by atoms with E-state index in [1.807, 2.05) is 29.7 Å². The zero-order chi connectivity index (χ0) is 22.1. The van der Waals surface area contributed by atoms with Gasteiger partial charge in [-0.25, -0.2) is 4.99 Å². The average molecular weight is 559 g/mol. The van der Waals surface area contributed by atoms with E-state index in [2.05, 4.69) is 30.8 Å². The van der Waals surface area contributed by atoms with Gasteiger partial charge in [-0.3, -0.25) is 4.98 Å². The third-order valence-corrected chi connectivity index (χ3v) is 4.49. The molecule has 0 amide bonds. The minimum Gasteiger partial charge on any atom is -0.355 e. The highest BCUT2D eigenvalue weighted by Crippen LogP contribution is 2.29. The van der Waals surface area contributed by atoms with Gasteiger partial charge < -0.3 is 15.2 Å². The van der Waals surface area contributed by atoms with Crippen molar-refractivity contribution >= 4 is 29.9 Å². The highest BCUT2D eigenvalue weighted by atomic mass is 127. The minimum absolute atomic E-state index is 0. The molecule has 1 aromatic carbocycles. The van der Waals surface area contributed by atoms with Crippen molar-refractivity contribution in [1.29, 1.82) is 0 Å². The van der Waals surface area contributed by atoms with Gasteiger partial charge in [0.25, 0.3) is 0 Å². The van der Waals surface area contributed by atoms with Gasteiger partial charge in [0.1, 0.15) is 12.2 Å². The lowest BCUT2D eigenvalue weighted by Crippen LogP contribution is -2.38. The van der Waals surface area contributed by atoms with Crippen LogP contribution in [0, 0.1) is 0 Å². The number of aryl methyl sites for hydroxylation is 1. The van der Waals surface area contributed by atoms with E-state index in [4.69, 9.17) is 0 Å². The van der Waals surface area contributed by atoms with Crippen molar-refractivity contribution in [2.45, 2.75) is 39.2 Å². The molecule has 7 nitrogen and oxygen atoms in total. The van der Waals surface area contributed by atoms with Crippen molar-refractivity contribution in [3.05, 3.63) is 77.6 Å². The lowest BCUT2D eigenvalue weighted by Gasteiger charge is -2.14. The summed E-state index contributed by atoms with van der Waals surface area (Å²) in [5.41, 5.74) is 0.611. The molecule has 0 atom stereocenters. The smallest absolute Gasteiger partial charge is 0.355 e. The molecule has 0 bridgehead atoms. The molecule has 2 heterocycles. The number of nitrogens with one attached hydrogen (secondary N) is 2. The highest BCUT2D eigenvalue weighted by molar-refractivity contribution is 14.0. The quantitative estimate of drug-likeness (QED) is 0.250. The van der Waals surface area contributed by atoms with Crippen molar-refractivity contribution in [2.75, 3.05) is 6.54 Å². The van der Waals surface area contributed by atoms with Crippen LogP contribution in [0.1, 0.15) is 29.6 Å². The largest absolute Gasteiger partial charge is 0.416 e. The molecule has 0 unspecified atom stereocenters. The minimum atomic E-state index is -4.38. The van der Waals surface area contributed by atoms with Gasteiger partial charge in [-0.15, -0.1) is 34.2 Å². The summed E-state index contributed by atoms with van der Waals surface area (Å²) in [5.74, 6) is 1.36. The number of rotatable bonds is 8. The molecule has 0 aliphatic heterocycles. The average Bonchev–Trinajstić information content (AvgIpc) is 3.23. The first-order valence-electron chi connectivity index (χ1n) is 9.90. The van der Waals surface area contributed by atoms with Crippen LogP contribution in [0.2, 0.25) is 0 Å². The second-order valence-corrected chi connectivity index (χ2v) is 6.76. The van der Waals surface area contributed by atoms with Gasteiger partial charge in [-0.2, -0.15) is 13.2 Å². The van der Waals surface area contributed by atoms with Crippen molar-refractivity contribution in [3.8, 4) is 0 Å². The number of aromatic nitrogens is 4. The van der Waals surface area contributed by atoms with Gasteiger partial charge in [0.05, 0.1) is 24.3 Å². The molecule has 0 aliphatic carbocycles. The summed E-state index contributed by atoms with van der Waals surface area (Å²) >= 11 is 0. The fourth-order valence-electron chi connectivity index (χ4n) is 2.90. The van der Waals surface area contributed by atoms with Crippen molar-refractivity contribution in [2.24, 2.45) is 4.99 Å². The molecule has 172 valence electrons. The molecule has 0 spiro atoms. The molecule has 0 saturated carbocycles. The molecule has 2 N–H and O–H groups in total. The number of hydrogen-bond donors (Lipinski definition) is 2. The number of aliphatic imine (C=N–C) groups is 1. The maximum absolute atomic E-state index is 13.0. The second kappa shape index (κ2) is 12.4. The fourth-order valence-corrected chi connectivity index (χ4v) is 2.90. The number of pyridine rings is 1. The van der Waals surface area contributed by atoms with Gasteiger partial charge in [-0.05, 0) is 29.8 Å². The molecule has 32 heavy (non-hydrogen) atoms. The van der Waals surface area contributed by atoms with Crippen LogP contribution in [0.5, 0.6) is 0 Å². The summed E-state index contributed by atoms with van der Waals surface area (Å²) < 4.78 is 40.8. The SMILES string of the molecule is CCc1nncn1CCNC(=NCc1cccc(C(F)(F)F)c1)NCc1ccccn1.I. The first-order valence-corrected chi connectivity index (χ1v) is 9.90. The van der Waals surface area contributed by atoms with Gasteiger partial charge in [-0.1, -0.05) is 25.1 Å². The van der Waals surface area contributed by atoms with Crippen LogP contribution >= 0.6 is 24.0 Å². The first kappa shape index (κ1) is 25.6. The second-order valence-electron chi connectivity index (χ2n) is 6.76. The van der Waals surface area contributed by atoms with Crippen LogP contribution in [0.4, 0.5) is 13.2 Å². The topological polar surface area (TPSA) is 80.0 Å². The molecule has 0 aliphatic rings. The normalized spacial score (nSPS) is 11.7. The maximum Gasteiger partial charge on any atom is 0.416 e. The van der Waals surface area contributed by atoms with E-state index in [1.165, 1.54) is 6.07 Å². The fraction of sp³-hybridized carbons (Fsp3) is 0.333. The van der Waals surface area contributed by atoms with E-state index in [9.17, 15) is 13.2 Å². The Morgan fingerprint density at radius 2 is 1.97 bits per heavy atom. The number of guanidine groups is 1. The highest BCUT2D eigenvalue weighted by Gasteiger charge is 2.30. The van der Waals surface area contributed by atoms with Crippen LogP contribution in [-0.2, 0) is 32.2 Å². The number of halogens is 4. The van der Waals surface area contributed by atoms with Crippen LogP contribution in [0.15, 0.2) is 60.0 Å². The van der Waals surface area contributed by atoms with E-state index in [1.54, 1.807) is 18.6 Å². The van der Waals surface area contributed by atoms with Gasteiger partial charge in [0.2, 0.25) is 0 Å². The molecule has 0 radical (unpaired) electrons. The Morgan fingerprint density at radius 1 is 1.12 bits per heavy atom. The Morgan fingerprint density at radius 3 is 2.69 bits per heavy atom. The lowest BCUT2D eigenvalue weighted by molar-refractivity contribution is -0.137. The maximum atomic E-state index is 13.0. The number of hydrogen-bond acceptors (Lipinski definition) is 4. The van der Waals surface area contributed by atoms with E-state index in [0.29, 0.717) is 31.2 Å². The van der Waals surface area contributed by atoms with Crippen molar-refractivity contribution < 1.29 is 13.2 Å². The van der Waals surface area contributed by atoms with E-state index < -0.39 is 11.7 Å². The molecule has 11 heteroatoms. The standard InChI is InChI=1S/C21H24F3N7.HI/c1-2-19-30-29-15-31(19)11-10-26-20(28-14-18-8-3-4-9-25-18)27-13-16-6-5-7-17(12-16)21(22,23)24;/h3-9,12,15H,2,10-11,13-14H2,1H3,(H2,26,27,28);1H. The van der Waals surface area contributed by atoms with Gasteiger partial charge in [0.15, 0.2) is 5.96 Å². The number of alkyl halides is 3. The summed E-state index contributed by atoms with van der Waals surface area (Å²) in [7, 11) is 0. The number of benzene rings is 1. The summed E-state index contributed by atoms with van der Waals surface area (Å²) in [6.45, 7) is 3.71. The molecular formula is C21H25F3IN7. The van der Waals surface area contributed by atoms with Crippen LogP contribution in [0.3, 0.4) is 0 Å². The summed E-state index contributed by atoms with van der Waals surface area (Å²) in [5, 5.41) is 14.3. The zero-order valence-corrected chi connectivity index (χ0v) is 19.8. The Kier molecular flexibility index (Phi) is 9.88. The van der Waals surface area contributed by atoms with E-state index in [0.717, 1.165) is 30.1 Å². The van der Waals surface area contributed by atoms with Crippen LogP contribution in [-0.4, -0.2) is 32.3 Å². The van der Waals surface area contributed by atoms with Crippen LogP contribution < -0.4 is 10.6 Å². The summed E-state index contributed by atoms with van der Waals surface area (Å²) in [4.78, 5) is 8.71. The first-order chi connectivity index (χ1) is 15.0. The summed E-state index contributed by atoms with van der Waals surface area (Å²) in [6, 6.07) is 10.8. The molecule has 0 saturated heterocycles. The third kappa shape index (κ3) is 7.77. The van der Waals surface area contributed by atoms with Crippen molar-refractivity contribution in [1.82, 2.24) is 30.4 Å². The van der Waals surface area contributed by atoms with Gasteiger partial charge >= 0.3 is 6.18 Å². The third-order valence-electron chi connectivity index (χ3n) is 4.49. The van der Waals surface area contributed by atoms with Gasteiger partial charge in [0, 0.05) is 25.7 Å². The zero-order valence-electron chi connectivity index (χ0n) is 17.5. The Balaban J connectivity index is 0.00000363. The molecule has 3 aromatic rings. The van der Waals surface area contributed by atoms with Crippen molar-refractivity contribution in [3.63, 3.8) is 0 Å². The Hall–Kier alpha value is -2.70. The monoisotopic (exact) mass is 559 g/mol.